The Morgan fingerprint density at radius 1 is 1.06 bits per heavy atom. The van der Waals surface area contributed by atoms with Crippen LogP contribution in [0, 0.1) is 0 Å². The van der Waals surface area contributed by atoms with E-state index in [2.05, 4.69) is 53.4 Å². The van der Waals surface area contributed by atoms with E-state index in [-0.39, 0.29) is 18.2 Å². The highest BCUT2D eigenvalue weighted by Crippen LogP contribution is 2.23. The molecule has 2 N–H and O–H groups in total. The van der Waals surface area contributed by atoms with E-state index in [4.69, 9.17) is 4.74 Å². The van der Waals surface area contributed by atoms with Crippen molar-refractivity contribution >= 4 is 17.8 Å². The number of phenolic OH excluding ortho intramolecular Hbond substituents is 1. The summed E-state index contributed by atoms with van der Waals surface area (Å²) in [5, 5.41) is 14.2. The van der Waals surface area contributed by atoms with Crippen LogP contribution in [-0.4, -0.2) is 81.0 Å². The van der Waals surface area contributed by atoms with Crippen molar-refractivity contribution in [3.8, 4) is 11.5 Å². The van der Waals surface area contributed by atoms with Crippen molar-refractivity contribution in [2.75, 3.05) is 58.8 Å². The molecule has 0 aliphatic carbocycles. The number of hydrazone groups is 1. The summed E-state index contributed by atoms with van der Waals surface area (Å²) < 4.78 is 5.20. The van der Waals surface area contributed by atoms with E-state index in [1.54, 1.807) is 19.2 Å². The molecule has 1 amide bonds. The van der Waals surface area contributed by atoms with E-state index in [9.17, 15) is 9.90 Å². The van der Waals surface area contributed by atoms with Gasteiger partial charge in [-0.3, -0.25) is 9.69 Å². The van der Waals surface area contributed by atoms with Gasteiger partial charge >= 0.3 is 0 Å². The molecule has 0 heterocycles. The van der Waals surface area contributed by atoms with Crippen LogP contribution in [-0.2, 0) is 11.3 Å². The molecule has 2 aromatic rings. The highest BCUT2D eigenvalue weighted by molar-refractivity contribution is 5.86. The first-order chi connectivity index (χ1) is 16.4. The molecule has 0 aliphatic heterocycles. The molecule has 8 nitrogen and oxygen atoms in total. The highest BCUT2D eigenvalue weighted by Gasteiger charge is 2.08. The molecule has 0 fully saturated rings. The van der Waals surface area contributed by atoms with Crippen LogP contribution >= 0.6 is 0 Å². The quantitative estimate of drug-likeness (QED) is 0.327. The maximum atomic E-state index is 12.2. The van der Waals surface area contributed by atoms with Crippen molar-refractivity contribution in [1.82, 2.24) is 15.2 Å². The molecule has 0 aliphatic rings. The summed E-state index contributed by atoms with van der Waals surface area (Å²) in [5.74, 6) is 0.809. The van der Waals surface area contributed by atoms with Crippen molar-refractivity contribution in [3.63, 3.8) is 0 Å². The molecular formula is C26H39N5O3. The van der Waals surface area contributed by atoms with Gasteiger partial charge in [0.15, 0.2) is 0 Å². The van der Waals surface area contributed by atoms with E-state index >= 15 is 0 Å². The first-order valence-electron chi connectivity index (χ1n) is 11.8. The predicted octanol–water partition coefficient (Wildman–Crippen LogP) is 3.15. The lowest BCUT2D eigenvalue weighted by molar-refractivity contribution is -0.121. The first-order valence-corrected chi connectivity index (χ1v) is 11.8. The fourth-order valence-electron chi connectivity index (χ4n) is 3.69. The Hall–Kier alpha value is -3.10. The van der Waals surface area contributed by atoms with E-state index < -0.39 is 0 Å². The third-order valence-corrected chi connectivity index (χ3v) is 5.64. The van der Waals surface area contributed by atoms with Crippen LogP contribution in [0.15, 0.2) is 47.6 Å². The summed E-state index contributed by atoms with van der Waals surface area (Å²) in [4.78, 5) is 18.6. The molecule has 2 aromatic carbocycles. The van der Waals surface area contributed by atoms with Crippen molar-refractivity contribution < 1.29 is 14.6 Å². The normalized spacial score (nSPS) is 11.4. The molecule has 0 atom stereocenters. The summed E-state index contributed by atoms with van der Waals surface area (Å²) >= 11 is 0. The molecule has 0 bridgehead atoms. The monoisotopic (exact) mass is 469 g/mol. The Morgan fingerprint density at radius 2 is 1.74 bits per heavy atom. The molecule has 0 unspecified atom stereocenters. The number of rotatable bonds is 14. The summed E-state index contributed by atoms with van der Waals surface area (Å²) in [6.45, 7) is 8.74. The smallest absolute Gasteiger partial charge is 0.254 e. The second-order valence-electron chi connectivity index (χ2n) is 8.39. The minimum Gasteiger partial charge on any atom is -0.507 e. The van der Waals surface area contributed by atoms with Crippen molar-refractivity contribution in [1.29, 1.82) is 0 Å². The number of ether oxygens (including phenoxy) is 1. The van der Waals surface area contributed by atoms with Crippen molar-refractivity contribution in [2.45, 2.75) is 26.8 Å². The minimum absolute atomic E-state index is 0.137. The van der Waals surface area contributed by atoms with Crippen LogP contribution in [0.25, 0.3) is 0 Å². The molecule has 2 rings (SSSR count). The minimum atomic E-state index is -0.190. The zero-order chi connectivity index (χ0) is 24.9. The van der Waals surface area contributed by atoms with E-state index in [1.807, 2.05) is 30.1 Å². The SMILES string of the molecule is CCN(CC)c1ccc(/C=N/NC(=O)CN(C)CCCN(C)Cc2ccc(OC)cc2)c(O)c1. The molecular weight excluding hydrogens is 430 g/mol. The summed E-state index contributed by atoms with van der Waals surface area (Å²) in [7, 11) is 5.68. The third kappa shape index (κ3) is 9.03. The number of aromatic hydroxyl groups is 1. The van der Waals surface area contributed by atoms with Gasteiger partial charge in [0, 0.05) is 37.0 Å². The molecule has 186 valence electrons. The van der Waals surface area contributed by atoms with Gasteiger partial charge in [-0.15, -0.1) is 0 Å². The van der Waals surface area contributed by atoms with Crippen LogP contribution in [0.4, 0.5) is 5.69 Å². The Bertz CT molecular complexity index is 913. The van der Waals surface area contributed by atoms with Crippen LogP contribution in [0.3, 0.4) is 0 Å². The van der Waals surface area contributed by atoms with Gasteiger partial charge in [-0.2, -0.15) is 5.10 Å². The number of likely N-dealkylation sites (N-methyl/N-ethyl adjacent to an activating group) is 1. The average molecular weight is 470 g/mol. The number of carbonyl (C=O) groups excluding carboxylic acids is 1. The largest absolute Gasteiger partial charge is 0.507 e. The van der Waals surface area contributed by atoms with Crippen molar-refractivity contribution in [3.05, 3.63) is 53.6 Å². The van der Waals surface area contributed by atoms with Gasteiger partial charge in [-0.1, -0.05) is 12.1 Å². The number of nitrogens with one attached hydrogen (secondary N) is 1. The van der Waals surface area contributed by atoms with Crippen LogP contribution in [0.2, 0.25) is 0 Å². The van der Waals surface area contributed by atoms with Crippen LogP contribution < -0.4 is 15.1 Å². The first kappa shape index (κ1) is 27.1. The molecule has 0 saturated heterocycles. The summed E-state index contributed by atoms with van der Waals surface area (Å²) in [6.07, 6.45) is 2.42. The molecule has 8 heteroatoms. The zero-order valence-corrected chi connectivity index (χ0v) is 21.1. The average Bonchev–Trinajstić information content (AvgIpc) is 2.81. The topological polar surface area (TPSA) is 80.6 Å². The second kappa shape index (κ2) is 14.2. The molecule has 0 aromatic heterocycles. The van der Waals surface area contributed by atoms with E-state index in [0.29, 0.717) is 5.56 Å². The van der Waals surface area contributed by atoms with E-state index in [1.165, 1.54) is 11.8 Å². The number of nitrogens with zero attached hydrogens (tertiary/aromatic N) is 4. The fourth-order valence-corrected chi connectivity index (χ4v) is 3.69. The van der Waals surface area contributed by atoms with Gasteiger partial charge in [-0.25, -0.2) is 5.43 Å². The Labute approximate surface area is 203 Å². The number of benzene rings is 2. The predicted molar refractivity (Wildman–Crippen MR) is 139 cm³/mol. The van der Waals surface area contributed by atoms with Gasteiger partial charge in [0.1, 0.15) is 11.5 Å². The van der Waals surface area contributed by atoms with Gasteiger partial charge in [0.05, 0.1) is 19.9 Å². The lowest BCUT2D eigenvalue weighted by atomic mass is 10.2. The number of hydrogen-bond donors (Lipinski definition) is 2. The maximum absolute atomic E-state index is 12.2. The summed E-state index contributed by atoms with van der Waals surface area (Å²) in [5.41, 5.74) is 5.29. The molecule has 0 radical (unpaired) electrons. The Morgan fingerprint density at radius 3 is 2.35 bits per heavy atom. The molecule has 34 heavy (non-hydrogen) atoms. The Balaban J connectivity index is 1.69. The molecule has 0 spiro atoms. The highest BCUT2D eigenvalue weighted by atomic mass is 16.5. The van der Waals surface area contributed by atoms with Gasteiger partial charge in [0.25, 0.3) is 5.91 Å². The third-order valence-electron chi connectivity index (χ3n) is 5.64. The maximum Gasteiger partial charge on any atom is 0.254 e. The fraction of sp³-hybridized carbons (Fsp3) is 0.462. The van der Waals surface area contributed by atoms with E-state index in [0.717, 1.165) is 50.6 Å². The Kier molecular flexibility index (Phi) is 11.4. The lowest BCUT2D eigenvalue weighted by Crippen LogP contribution is -2.34. The number of hydrogen-bond acceptors (Lipinski definition) is 7. The van der Waals surface area contributed by atoms with Gasteiger partial charge in [-0.05, 0) is 77.3 Å². The van der Waals surface area contributed by atoms with Crippen LogP contribution in [0.5, 0.6) is 11.5 Å². The lowest BCUT2D eigenvalue weighted by Gasteiger charge is -2.21. The number of amides is 1. The van der Waals surface area contributed by atoms with Gasteiger partial charge in [0.2, 0.25) is 0 Å². The number of anilines is 1. The number of carbonyl (C=O) groups is 1. The standard InChI is InChI=1S/C26H39N5O3/c1-6-31(7-2)23-12-11-22(25(32)17-23)18-27-28-26(33)20-30(4)16-8-15-29(3)19-21-9-13-24(34-5)14-10-21/h9-14,17-18,32H,6-8,15-16,19-20H2,1-5H3,(H,28,33)/b27-18+. The molecule has 0 saturated carbocycles. The number of methoxy groups -OCH3 is 1. The summed E-state index contributed by atoms with van der Waals surface area (Å²) in [6, 6.07) is 13.6. The van der Waals surface area contributed by atoms with Crippen molar-refractivity contribution in [2.24, 2.45) is 5.10 Å². The second-order valence-corrected chi connectivity index (χ2v) is 8.39. The number of phenols is 1. The van der Waals surface area contributed by atoms with Crippen LogP contribution in [0.1, 0.15) is 31.4 Å². The zero-order valence-electron chi connectivity index (χ0n) is 21.1. The van der Waals surface area contributed by atoms with Gasteiger partial charge < -0.3 is 19.6 Å².